The van der Waals surface area contributed by atoms with Crippen molar-refractivity contribution < 1.29 is 14.3 Å². The third-order valence-electron chi connectivity index (χ3n) is 4.00. The number of amides is 1. The molecule has 0 radical (unpaired) electrons. The minimum atomic E-state index is -0.364. The van der Waals surface area contributed by atoms with Gasteiger partial charge in [-0.3, -0.25) is 4.79 Å². The second-order valence-corrected chi connectivity index (χ2v) is 5.46. The Labute approximate surface area is 126 Å². The lowest BCUT2D eigenvalue weighted by Crippen LogP contribution is -2.40. The number of hydrogen-bond acceptors (Lipinski definition) is 3. The zero-order chi connectivity index (χ0) is 15.1. The highest BCUT2D eigenvalue weighted by molar-refractivity contribution is 5.85. The van der Waals surface area contributed by atoms with Gasteiger partial charge in [0.25, 0.3) is 0 Å². The Bertz CT molecular complexity index is 472. The molecule has 1 unspecified atom stereocenters. The lowest BCUT2D eigenvalue weighted by molar-refractivity contribution is -0.151. The molecule has 1 aromatic rings. The van der Waals surface area contributed by atoms with Gasteiger partial charge in [-0.15, -0.1) is 0 Å². The van der Waals surface area contributed by atoms with E-state index in [-0.39, 0.29) is 17.9 Å². The number of aryl methyl sites for hydroxylation is 1. The van der Waals surface area contributed by atoms with Gasteiger partial charge in [0.05, 0.1) is 7.11 Å². The number of benzene rings is 1. The molecule has 2 rings (SSSR count). The van der Waals surface area contributed by atoms with E-state index in [0.29, 0.717) is 13.0 Å². The quantitative estimate of drug-likeness (QED) is 0.597. The molecule has 0 aromatic heterocycles. The van der Waals surface area contributed by atoms with Crippen LogP contribution in [0.25, 0.3) is 0 Å². The van der Waals surface area contributed by atoms with Gasteiger partial charge in [0, 0.05) is 13.0 Å². The van der Waals surface area contributed by atoms with Gasteiger partial charge < -0.3 is 9.64 Å². The summed E-state index contributed by atoms with van der Waals surface area (Å²) in [5.74, 6) is -0.207. The molecule has 21 heavy (non-hydrogen) atoms. The van der Waals surface area contributed by atoms with Crippen molar-refractivity contribution in [1.82, 2.24) is 4.90 Å². The fraction of sp³-hybridized carbons (Fsp3) is 0.529. The number of carbonyl (C=O) groups excluding carboxylic acids is 2. The lowest BCUT2D eigenvalue weighted by Gasteiger charge is -2.22. The van der Waals surface area contributed by atoms with Gasteiger partial charge in [0.2, 0.25) is 5.91 Å². The number of ether oxygens (including phenoxy) is 1. The normalized spacial score (nSPS) is 17.8. The molecular formula is C17H23NO3. The Kier molecular flexibility index (Phi) is 5.78. The highest BCUT2D eigenvalue weighted by Crippen LogP contribution is 2.20. The molecule has 0 spiro atoms. The molecule has 0 aliphatic carbocycles. The molecule has 1 fully saturated rings. The fourth-order valence-corrected chi connectivity index (χ4v) is 2.84. The van der Waals surface area contributed by atoms with Gasteiger partial charge in [-0.05, 0) is 37.7 Å². The van der Waals surface area contributed by atoms with Gasteiger partial charge in [-0.1, -0.05) is 30.3 Å². The largest absolute Gasteiger partial charge is 0.467 e. The van der Waals surface area contributed by atoms with Crippen LogP contribution in [0.2, 0.25) is 0 Å². The number of nitrogens with zero attached hydrogens (tertiary/aromatic N) is 1. The molecular weight excluding hydrogens is 266 g/mol. The number of rotatable bonds is 6. The molecule has 1 atom stereocenters. The summed E-state index contributed by atoms with van der Waals surface area (Å²) in [7, 11) is 1.38. The number of unbranched alkanes of at least 4 members (excludes halogenated alkanes) is 1. The van der Waals surface area contributed by atoms with Crippen molar-refractivity contribution in [3.05, 3.63) is 35.9 Å². The van der Waals surface area contributed by atoms with Crippen LogP contribution in [-0.2, 0) is 20.7 Å². The molecule has 1 aromatic carbocycles. The number of methoxy groups -OCH3 is 1. The van der Waals surface area contributed by atoms with Crippen molar-refractivity contribution in [2.45, 2.75) is 44.6 Å². The second kappa shape index (κ2) is 7.81. The van der Waals surface area contributed by atoms with Crippen molar-refractivity contribution in [3.8, 4) is 0 Å². The molecule has 0 saturated carbocycles. The Hall–Kier alpha value is -1.84. The van der Waals surface area contributed by atoms with Crippen LogP contribution in [0.1, 0.15) is 37.7 Å². The maximum absolute atomic E-state index is 12.2. The van der Waals surface area contributed by atoms with Gasteiger partial charge >= 0.3 is 5.97 Å². The minimum absolute atomic E-state index is 0.0796. The maximum atomic E-state index is 12.2. The van der Waals surface area contributed by atoms with Crippen molar-refractivity contribution in [2.24, 2.45) is 0 Å². The van der Waals surface area contributed by atoms with E-state index >= 15 is 0 Å². The molecule has 1 aliphatic rings. The van der Waals surface area contributed by atoms with E-state index in [1.807, 2.05) is 18.2 Å². The molecule has 1 aliphatic heterocycles. The van der Waals surface area contributed by atoms with Crippen molar-refractivity contribution >= 4 is 11.9 Å². The second-order valence-electron chi connectivity index (χ2n) is 5.46. The first-order chi connectivity index (χ1) is 10.2. The number of hydrogen-bond donors (Lipinski definition) is 0. The Morgan fingerprint density at radius 2 is 2.00 bits per heavy atom. The van der Waals surface area contributed by atoms with Crippen LogP contribution < -0.4 is 0 Å². The zero-order valence-corrected chi connectivity index (χ0v) is 12.6. The zero-order valence-electron chi connectivity index (χ0n) is 12.6. The monoisotopic (exact) mass is 289 g/mol. The van der Waals surface area contributed by atoms with Crippen LogP contribution in [0.5, 0.6) is 0 Å². The van der Waals surface area contributed by atoms with E-state index in [2.05, 4.69) is 12.1 Å². The van der Waals surface area contributed by atoms with Crippen LogP contribution in [-0.4, -0.2) is 36.5 Å². The van der Waals surface area contributed by atoms with E-state index < -0.39 is 0 Å². The predicted octanol–water partition coefficient (Wildman–Crippen LogP) is 2.56. The SMILES string of the molecule is COC(=O)C1CCCN1C(=O)CCCCc1ccccc1. The van der Waals surface area contributed by atoms with E-state index in [9.17, 15) is 9.59 Å². The van der Waals surface area contributed by atoms with Crippen molar-refractivity contribution in [2.75, 3.05) is 13.7 Å². The standard InChI is InChI=1S/C17H23NO3/c1-21-17(20)15-11-7-13-18(15)16(19)12-6-5-10-14-8-3-2-4-9-14/h2-4,8-9,15H,5-7,10-13H2,1H3. The van der Waals surface area contributed by atoms with Crippen LogP contribution in [0.4, 0.5) is 0 Å². The maximum Gasteiger partial charge on any atom is 0.328 e. The first kappa shape index (κ1) is 15.5. The van der Waals surface area contributed by atoms with E-state index in [1.165, 1.54) is 12.7 Å². The molecule has 4 nitrogen and oxygen atoms in total. The van der Waals surface area contributed by atoms with E-state index in [4.69, 9.17) is 4.74 Å². The summed E-state index contributed by atoms with van der Waals surface area (Å²) in [4.78, 5) is 25.5. The number of likely N-dealkylation sites (tertiary alicyclic amines) is 1. The van der Waals surface area contributed by atoms with Gasteiger partial charge in [0.15, 0.2) is 0 Å². The molecule has 0 N–H and O–H groups in total. The van der Waals surface area contributed by atoms with Crippen molar-refractivity contribution in [1.29, 1.82) is 0 Å². The van der Waals surface area contributed by atoms with Crippen LogP contribution in [0.15, 0.2) is 30.3 Å². The third kappa shape index (κ3) is 4.31. The molecule has 1 amide bonds. The topological polar surface area (TPSA) is 46.6 Å². The first-order valence-electron chi connectivity index (χ1n) is 7.63. The molecule has 0 bridgehead atoms. The van der Waals surface area contributed by atoms with Crippen LogP contribution in [0.3, 0.4) is 0 Å². The van der Waals surface area contributed by atoms with Crippen LogP contribution in [0, 0.1) is 0 Å². The summed E-state index contributed by atoms with van der Waals surface area (Å²) in [5.41, 5.74) is 1.30. The first-order valence-corrected chi connectivity index (χ1v) is 7.63. The summed E-state index contributed by atoms with van der Waals surface area (Å²) in [5, 5.41) is 0. The Balaban J connectivity index is 1.73. The highest BCUT2D eigenvalue weighted by atomic mass is 16.5. The summed E-state index contributed by atoms with van der Waals surface area (Å²) >= 11 is 0. The molecule has 1 saturated heterocycles. The van der Waals surface area contributed by atoms with Gasteiger partial charge in [0.1, 0.15) is 6.04 Å². The highest BCUT2D eigenvalue weighted by Gasteiger charge is 2.34. The molecule has 114 valence electrons. The summed E-state index contributed by atoms with van der Waals surface area (Å²) in [6.07, 6.45) is 4.97. The predicted molar refractivity (Wildman–Crippen MR) is 80.7 cm³/mol. The minimum Gasteiger partial charge on any atom is -0.467 e. The van der Waals surface area contributed by atoms with E-state index in [1.54, 1.807) is 4.90 Å². The van der Waals surface area contributed by atoms with Crippen LogP contribution >= 0.6 is 0 Å². The molecule has 1 heterocycles. The summed E-state index contributed by atoms with van der Waals surface area (Å²) in [6.45, 7) is 0.678. The Morgan fingerprint density at radius 1 is 1.24 bits per heavy atom. The van der Waals surface area contributed by atoms with Crippen molar-refractivity contribution in [3.63, 3.8) is 0 Å². The fourth-order valence-electron chi connectivity index (χ4n) is 2.84. The number of carbonyl (C=O) groups is 2. The van der Waals surface area contributed by atoms with E-state index in [0.717, 1.165) is 32.1 Å². The smallest absolute Gasteiger partial charge is 0.328 e. The summed E-state index contributed by atoms with van der Waals surface area (Å²) in [6, 6.07) is 9.92. The number of esters is 1. The average molecular weight is 289 g/mol. The van der Waals surface area contributed by atoms with Gasteiger partial charge in [-0.25, -0.2) is 4.79 Å². The average Bonchev–Trinajstić information content (AvgIpc) is 3.01. The Morgan fingerprint density at radius 3 is 2.71 bits per heavy atom. The third-order valence-corrected chi connectivity index (χ3v) is 4.00. The lowest BCUT2D eigenvalue weighted by atomic mass is 10.1. The van der Waals surface area contributed by atoms with Gasteiger partial charge in [-0.2, -0.15) is 0 Å². The molecule has 4 heteroatoms. The summed E-state index contributed by atoms with van der Waals surface area (Å²) < 4.78 is 4.77.